The summed E-state index contributed by atoms with van der Waals surface area (Å²) >= 11 is 0. The van der Waals surface area contributed by atoms with Gasteiger partial charge in [0.2, 0.25) is 5.88 Å². The number of pyridine rings is 1. The highest BCUT2D eigenvalue weighted by Gasteiger charge is 2.30. The largest absolute Gasteiger partial charge is 0.476 e. The Morgan fingerprint density at radius 3 is 2.76 bits per heavy atom. The number of hydrogen-bond acceptors (Lipinski definition) is 3. The normalized spacial score (nSPS) is 18.8. The third-order valence-electron chi connectivity index (χ3n) is 4.26. The first-order chi connectivity index (χ1) is 9.96. The molecule has 0 bridgehead atoms. The van der Waals surface area contributed by atoms with E-state index >= 15 is 0 Å². The summed E-state index contributed by atoms with van der Waals surface area (Å²) in [5.41, 5.74) is 1.06. The van der Waals surface area contributed by atoms with Gasteiger partial charge in [-0.15, -0.1) is 0 Å². The lowest BCUT2D eigenvalue weighted by molar-refractivity contribution is 0.0663. The smallest absolute Gasteiger partial charge is 0.358 e. The molecule has 0 saturated heterocycles. The van der Waals surface area contributed by atoms with Crippen molar-refractivity contribution in [3.63, 3.8) is 0 Å². The van der Waals surface area contributed by atoms with Gasteiger partial charge in [-0.25, -0.2) is 4.79 Å². The van der Waals surface area contributed by atoms with Gasteiger partial charge >= 0.3 is 5.97 Å². The van der Waals surface area contributed by atoms with Crippen LogP contribution in [0.25, 0.3) is 5.65 Å². The van der Waals surface area contributed by atoms with E-state index in [4.69, 9.17) is 4.74 Å². The highest BCUT2D eigenvalue weighted by molar-refractivity contribution is 5.89. The minimum absolute atomic E-state index is 0.0565. The molecule has 0 aromatic carbocycles. The molecule has 0 radical (unpaired) electrons. The van der Waals surface area contributed by atoms with E-state index in [1.807, 2.05) is 6.07 Å². The van der Waals surface area contributed by atoms with Crippen molar-refractivity contribution in [3.05, 3.63) is 30.1 Å². The topological polar surface area (TPSA) is 63.8 Å². The minimum Gasteiger partial charge on any atom is -0.476 e. The van der Waals surface area contributed by atoms with Gasteiger partial charge in [0.25, 0.3) is 0 Å². The van der Waals surface area contributed by atoms with Crippen molar-refractivity contribution in [1.82, 2.24) is 9.38 Å². The Hall–Kier alpha value is -2.04. The van der Waals surface area contributed by atoms with Gasteiger partial charge in [0, 0.05) is 6.20 Å². The molecular formula is C16H20N2O3. The zero-order valence-electron chi connectivity index (χ0n) is 12.4. The average Bonchev–Trinajstić information content (AvgIpc) is 2.79. The molecule has 1 fully saturated rings. The predicted molar refractivity (Wildman–Crippen MR) is 78.8 cm³/mol. The van der Waals surface area contributed by atoms with Crippen LogP contribution in [-0.2, 0) is 0 Å². The van der Waals surface area contributed by atoms with E-state index in [0.717, 1.165) is 25.7 Å². The second-order valence-electron chi connectivity index (χ2n) is 6.48. The Morgan fingerprint density at radius 1 is 1.38 bits per heavy atom. The molecule has 2 aromatic heterocycles. The van der Waals surface area contributed by atoms with Gasteiger partial charge in [-0.05, 0) is 43.2 Å². The van der Waals surface area contributed by atoms with Gasteiger partial charge in [-0.3, -0.25) is 4.40 Å². The van der Waals surface area contributed by atoms with E-state index in [0.29, 0.717) is 11.1 Å². The number of carboxylic acid groups (broad SMARTS) is 1. The summed E-state index contributed by atoms with van der Waals surface area (Å²) in [5, 5.41) is 9.42. The zero-order chi connectivity index (χ0) is 15.0. The van der Waals surface area contributed by atoms with Gasteiger partial charge in [0.1, 0.15) is 11.8 Å². The molecule has 0 unspecified atom stereocenters. The van der Waals surface area contributed by atoms with E-state index in [9.17, 15) is 9.90 Å². The number of aromatic carboxylic acids is 1. The van der Waals surface area contributed by atoms with Crippen LogP contribution < -0.4 is 4.74 Å². The lowest BCUT2D eigenvalue weighted by atomic mass is 9.76. The molecule has 5 nitrogen and oxygen atoms in total. The standard InChI is InChI=1S/C16H20N2O3/c1-16(2)8-6-11(7-9-16)21-14-13(15(19)20)18-10-4-3-5-12(18)17-14/h3-5,10-11H,6-9H2,1-2H3,(H,19,20). The number of nitrogens with zero attached hydrogens (tertiary/aromatic N) is 2. The Morgan fingerprint density at radius 2 is 2.10 bits per heavy atom. The van der Waals surface area contributed by atoms with E-state index in [-0.39, 0.29) is 17.7 Å². The van der Waals surface area contributed by atoms with E-state index < -0.39 is 5.97 Å². The molecule has 0 amide bonds. The maximum absolute atomic E-state index is 11.5. The van der Waals surface area contributed by atoms with Crippen molar-refractivity contribution in [3.8, 4) is 5.88 Å². The number of fused-ring (bicyclic) bond motifs is 1. The number of carbonyl (C=O) groups is 1. The number of ether oxygens (including phenoxy) is 1. The molecule has 2 heterocycles. The molecule has 3 rings (SSSR count). The van der Waals surface area contributed by atoms with E-state index in [1.54, 1.807) is 22.7 Å². The third-order valence-corrected chi connectivity index (χ3v) is 4.26. The third kappa shape index (κ3) is 2.73. The number of imidazole rings is 1. The Balaban J connectivity index is 1.87. The van der Waals surface area contributed by atoms with Crippen LogP contribution in [0.1, 0.15) is 50.0 Å². The Bertz CT molecular complexity index is 665. The summed E-state index contributed by atoms with van der Waals surface area (Å²) in [6.07, 6.45) is 5.82. The van der Waals surface area contributed by atoms with Crippen LogP contribution in [0.4, 0.5) is 0 Å². The molecule has 0 atom stereocenters. The molecular weight excluding hydrogens is 268 g/mol. The van der Waals surface area contributed by atoms with E-state index in [2.05, 4.69) is 18.8 Å². The summed E-state index contributed by atoms with van der Waals surface area (Å²) in [4.78, 5) is 15.8. The zero-order valence-corrected chi connectivity index (χ0v) is 12.4. The lowest BCUT2D eigenvalue weighted by Gasteiger charge is -2.33. The fourth-order valence-corrected chi connectivity index (χ4v) is 2.90. The van der Waals surface area contributed by atoms with E-state index in [1.165, 1.54) is 0 Å². The van der Waals surface area contributed by atoms with Gasteiger partial charge in [-0.2, -0.15) is 4.98 Å². The maximum atomic E-state index is 11.5. The fraction of sp³-hybridized carbons (Fsp3) is 0.500. The van der Waals surface area contributed by atoms with Crippen LogP contribution in [0, 0.1) is 5.41 Å². The van der Waals surface area contributed by atoms with Gasteiger partial charge < -0.3 is 9.84 Å². The minimum atomic E-state index is -1.01. The van der Waals surface area contributed by atoms with Crippen LogP contribution in [0.5, 0.6) is 5.88 Å². The highest BCUT2D eigenvalue weighted by atomic mass is 16.5. The monoisotopic (exact) mass is 288 g/mol. The van der Waals surface area contributed by atoms with Crippen molar-refractivity contribution in [1.29, 1.82) is 0 Å². The summed E-state index contributed by atoms with van der Waals surface area (Å²) in [6, 6.07) is 5.40. The molecule has 0 aliphatic heterocycles. The van der Waals surface area contributed by atoms with Crippen molar-refractivity contribution in [2.45, 2.75) is 45.6 Å². The van der Waals surface area contributed by atoms with Crippen molar-refractivity contribution < 1.29 is 14.6 Å². The first-order valence-corrected chi connectivity index (χ1v) is 7.33. The van der Waals surface area contributed by atoms with Crippen LogP contribution in [0.2, 0.25) is 0 Å². The SMILES string of the molecule is CC1(C)CCC(Oc2nc3ccccn3c2C(=O)O)CC1. The fourth-order valence-electron chi connectivity index (χ4n) is 2.90. The summed E-state index contributed by atoms with van der Waals surface area (Å²) in [7, 11) is 0. The number of hydrogen-bond donors (Lipinski definition) is 1. The second kappa shape index (κ2) is 5.06. The quantitative estimate of drug-likeness (QED) is 0.940. The van der Waals surface area contributed by atoms with Crippen molar-refractivity contribution >= 4 is 11.6 Å². The maximum Gasteiger partial charge on any atom is 0.358 e. The van der Waals surface area contributed by atoms with Crippen LogP contribution in [0.3, 0.4) is 0 Å². The molecule has 1 saturated carbocycles. The van der Waals surface area contributed by atoms with Crippen molar-refractivity contribution in [2.75, 3.05) is 0 Å². The molecule has 1 N–H and O–H groups in total. The number of aromatic nitrogens is 2. The predicted octanol–water partition coefficient (Wildman–Crippen LogP) is 3.38. The first kappa shape index (κ1) is 13.9. The molecule has 0 spiro atoms. The highest BCUT2D eigenvalue weighted by Crippen LogP contribution is 2.37. The number of rotatable bonds is 3. The molecule has 2 aromatic rings. The van der Waals surface area contributed by atoms with Gasteiger partial charge in [0.05, 0.1) is 0 Å². The second-order valence-corrected chi connectivity index (χ2v) is 6.48. The lowest BCUT2D eigenvalue weighted by Crippen LogP contribution is -2.28. The Labute approximate surface area is 123 Å². The molecule has 5 heteroatoms. The van der Waals surface area contributed by atoms with Crippen molar-refractivity contribution in [2.24, 2.45) is 5.41 Å². The van der Waals surface area contributed by atoms with Crippen LogP contribution in [-0.4, -0.2) is 26.6 Å². The molecule has 1 aliphatic rings. The molecule has 21 heavy (non-hydrogen) atoms. The number of carboxylic acids is 1. The average molecular weight is 288 g/mol. The molecule has 112 valence electrons. The summed E-state index contributed by atoms with van der Waals surface area (Å²) in [5.74, 6) is -0.779. The van der Waals surface area contributed by atoms with Crippen LogP contribution in [0.15, 0.2) is 24.4 Å². The summed E-state index contributed by atoms with van der Waals surface area (Å²) in [6.45, 7) is 4.52. The van der Waals surface area contributed by atoms with Gasteiger partial charge in [-0.1, -0.05) is 19.9 Å². The van der Waals surface area contributed by atoms with Gasteiger partial charge in [0.15, 0.2) is 5.69 Å². The summed E-state index contributed by atoms with van der Waals surface area (Å²) < 4.78 is 7.47. The first-order valence-electron chi connectivity index (χ1n) is 7.33. The van der Waals surface area contributed by atoms with Crippen LogP contribution >= 0.6 is 0 Å². The Kier molecular flexibility index (Phi) is 3.35. The molecule has 1 aliphatic carbocycles.